The van der Waals surface area contributed by atoms with Gasteiger partial charge in [-0.25, -0.2) is 9.97 Å². The normalized spacial score (nSPS) is 11.1. The Balaban J connectivity index is 2.03. The summed E-state index contributed by atoms with van der Waals surface area (Å²) in [7, 11) is 0. The van der Waals surface area contributed by atoms with E-state index in [-0.39, 0.29) is 11.4 Å². The average molecular weight is 298 g/mol. The molecule has 0 radical (unpaired) electrons. The summed E-state index contributed by atoms with van der Waals surface area (Å²) in [6.45, 7) is 8.17. The molecule has 116 valence electrons. The molecule has 5 nitrogen and oxygen atoms in total. The Morgan fingerprint density at radius 2 is 1.68 bits per heavy atom. The molecule has 0 atom stereocenters. The standard InChI is InChI=1S/C17H22N4O/c1-5-12-6-8-14(9-7-12)20-15(22)13-10-18-16(19-11-13)21-17(2,3)4/h6-11H,5H2,1-4H3,(H,20,22)(H,18,19,21). The number of nitrogens with zero attached hydrogens (tertiary/aromatic N) is 2. The van der Waals surface area contributed by atoms with Gasteiger partial charge in [0.25, 0.3) is 5.91 Å². The van der Waals surface area contributed by atoms with Gasteiger partial charge in [0.15, 0.2) is 0 Å². The number of amides is 1. The van der Waals surface area contributed by atoms with E-state index in [1.54, 1.807) is 0 Å². The minimum atomic E-state index is -0.216. The van der Waals surface area contributed by atoms with Crippen LogP contribution >= 0.6 is 0 Å². The Labute approximate surface area is 131 Å². The molecule has 0 spiro atoms. The van der Waals surface area contributed by atoms with Crippen LogP contribution in [0.25, 0.3) is 0 Å². The lowest BCUT2D eigenvalue weighted by Gasteiger charge is -2.20. The maximum Gasteiger partial charge on any atom is 0.258 e. The molecule has 1 amide bonds. The quantitative estimate of drug-likeness (QED) is 0.906. The minimum Gasteiger partial charge on any atom is -0.350 e. The summed E-state index contributed by atoms with van der Waals surface area (Å²) < 4.78 is 0. The Hall–Kier alpha value is -2.43. The van der Waals surface area contributed by atoms with Crippen LogP contribution in [0.5, 0.6) is 0 Å². The molecule has 0 aliphatic carbocycles. The van der Waals surface area contributed by atoms with E-state index in [9.17, 15) is 4.79 Å². The van der Waals surface area contributed by atoms with Gasteiger partial charge < -0.3 is 10.6 Å². The summed E-state index contributed by atoms with van der Waals surface area (Å²) in [6.07, 6.45) is 4.03. The largest absolute Gasteiger partial charge is 0.350 e. The fourth-order valence-corrected chi connectivity index (χ4v) is 1.87. The van der Waals surface area contributed by atoms with Crippen LogP contribution in [0.2, 0.25) is 0 Å². The van der Waals surface area contributed by atoms with Gasteiger partial charge in [-0.1, -0.05) is 19.1 Å². The number of aryl methyl sites for hydroxylation is 1. The number of rotatable bonds is 4. The molecule has 0 fully saturated rings. The van der Waals surface area contributed by atoms with Crippen LogP contribution in [0.1, 0.15) is 43.6 Å². The highest BCUT2D eigenvalue weighted by atomic mass is 16.1. The minimum absolute atomic E-state index is 0.120. The highest BCUT2D eigenvalue weighted by Gasteiger charge is 2.12. The average Bonchev–Trinajstić information content (AvgIpc) is 2.47. The monoisotopic (exact) mass is 298 g/mol. The number of hydrogen-bond donors (Lipinski definition) is 2. The van der Waals surface area contributed by atoms with Gasteiger partial charge >= 0.3 is 0 Å². The van der Waals surface area contributed by atoms with E-state index in [1.807, 2.05) is 45.0 Å². The highest BCUT2D eigenvalue weighted by Crippen LogP contribution is 2.13. The number of carbonyl (C=O) groups is 1. The smallest absolute Gasteiger partial charge is 0.258 e. The summed E-state index contributed by atoms with van der Waals surface area (Å²) in [4.78, 5) is 20.5. The topological polar surface area (TPSA) is 66.9 Å². The molecule has 1 aromatic carbocycles. The maximum absolute atomic E-state index is 12.2. The maximum atomic E-state index is 12.2. The Kier molecular flexibility index (Phi) is 4.75. The third-order valence-corrected chi connectivity index (χ3v) is 3.02. The van der Waals surface area contributed by atoms with Crippen molar-refractivity contribution in [1.82, 2.24) is 9.97 Å². The van der Waals surface area contributed by atoms with E-state index in [4.69, 9.17) is 0 Å². The Morgan fingerprint density at radius 3 is 2.18 bits per heavy atom. The first kappa shape index (κ1) is 15.9. The van der Waals surface area contributed by atoms with Crippen molar-refractivity contribution in [1.29, 1.82) is 0 Å². The Bertz CT molecular complexity index is 627. The van der Waals surface area contributed by atoms with Gasteiger partial charge in [0.1, 0.15) is 0 Å². The second-order valence-electron chi connectivity index (χ2n) is 6.17. The van der Waals surface area contributed by atoms with Gasteiger partial charge in [-0.2, -0.15) is 0 Å². The molecule has 0 aliphatic rings. The predicted octanol–water partition coefficient (Wildman–Crippen LogP) is 3.50. The lowest BCUT2D eigenvalue weighted by molar-refractivity contribution is 0.102. The van der Waals surface area contributed by atoms with Crippen molar-refractivity contribution >= 4 is 17.5 Å². The molecule has 0 saturated heterocycles. The molecule has 2 aromatic rings. The van der Waals surface area contributed by atoms with Crippen molar-refractivity contribution in [2.45, 2.75) is 39.7 Å². The molecule has 5 heteroatoms. The fourth-order valence-electron chi connectivity index (χ4n) is 1.87. The first-order chi connectivity index (χ1) is 10.4. The molecule has 1 aromatic heterocycles. The summed E-state index contributed by atoms with van der Waals surface area (Å²) in [5, 5.41) is 5.99. The Morgan fingerprint density at radius 1 is 1.09 bits per heavy atom. The van der Waals surface area contributed by atoms with Crippen molar-refractivity contribution in [3.8, 4) is 0 Å². The molecule has 0 aliphatic heterocycles. The van der Waals surface area contributed by atoms with Crippen LogP contribution in [-0.4, -0.2) is 21.4 Å². The number of nitrogens with one attached hydrogen (secondary N) is 2. The number of benzene rings is 1. The number of hydrogen-bond acceptors (Lipinski definition) is 4. The third kappa shape index (κ3) is 4.55. The molecule has 0 saturated carbocycles. The summed E-state index contributed by atoms with van der Waals surface area (Å²) in [5.41, 5.74) is 2.31. The van der Waals surface area contributed by atoms with Gasteiger partial charge in [0.2, 0.25) is 5.95 Å². The molecule has 2 rings (SSSR count). The summed E-state index contributed by atoms with van der Waals surface area (Å²) in [5.74, 6) is 0.294. The van der Waals surface area contributed by atoms with Crippen LogP contribution in [0, 0.1) is 0 Å². The van der Waals surface area contributed by atoms with Crippen LogP contribution in [-0.2, 0) is 6.42 Å². The molecular formula is C17H22N4O. The van der Waals surface area contributed by atoms with Crippen molar-refractivity contribution in [2.24, 2.45) is 0 Å². The van der Waals surface area contributed by atoms with Gasteiger partial charge in [-0.05, 0) is 44.9 Å². The molecular weight excluding hydrogens is 276 g/mol. The number of anilines is 2. The lowest BCUT2D eigenvalue weighted by Crippen LogP contribution is -2.27. The van der Waals surface area contributed by atoms with Gasteiger partial charge in [0, 0.05) is 23.6 Å². The molecule has 22 heavy (non-hydrogen) atoms. The first-order valence-electron chi connectivity index (χ1n) is 7.38. The summed E-state index contributed by atoms with van der Waals surface area (Å²) >= 11 is 0. The second kappa shape index (κ2) is 6.56. The number of aromatic nitrogens is 2. The lowest BCUT2D eigenvalue weighted by atomic mass is 10.1. The molecule has 0 bridgehead atoms. The zero-order chi connectivity index (χ0) is 16.2. The first-order valence-corrected chi connectivity index (χ1v) is 7.38. The van der Waals surface area contributed by atoms with Crippen molar-refractivity contribution in [2.75, 3.05) is 10.6 Å². The van der Waals surface area contributed by atoms with Crippen molar-refractivity contribution < 1.29 is 4.79 Å². The van der Waals surface area contributed by atoms with Crippen molar-refractivity contribution in [3.63, 3.8) is 0 Å². The van der Waals surface area contributed by atoms with E-state index >= 15 is 0 Å². The zero-order valence-corrected chi connectivity index (χ0v) is 13.5. The summed E-state index contributed by atoms with van der Waals surface area (Å²) in [6, 6.07) is 7.80. The molecule has 1 heterocycles. The van der Waals surface area contributed by atoms with E-state index in [0.29, 0.717) is 11.5 Å². The van der Waals surface area contributed by atoms with Gasteiger partial charge in [-0.15, -0.1) is 0 Å². The van der Waals surface area contributed by atoms with E-state index in [1.165, 1.54) is 18.0 Å². The van der Waals surface area contributed by atoms with Gasteiger partial charge in [0.05, 0.1) is 5.56 Å². The van der Waals surface area contributed by atoms with Crippen molar-refractivity contribution in [3.05, 3.63) is 47.8 Å². The molecule has 0 unspecified atom stereocenters. The predicted molar refractivity (Wildman–Crippen MR) is 89.2 cm³/mol. The van der Waals surface area contributed by atoms with Crippen LogP contribution in [0.4, 0.5) is 11.6 Å². The van der Waals surface area contributed by atoms with E-state index in [2.05, 4.69) is 27.5 Å². The molecule has 2 N–H and O–H groups in total. The SMILES string of the molecule is CCc1ccc(NC(=O)c2cnc(NC(C)(C)C)nc2)cc1. The van der Waals surface area contributed by atoms with Crippen LogP contribution < -0.4 is 10.6 Å². The van der Waals surface area contributed by atoms with Crippen LogP contribution in [0.3, 0.4) is 0 Å². The zero-order valence-electron chi connectivity index (χ0n) is 13.5. The number of carbonyl (C=O) groups excluding carboxylic acids is 1. The fraction of sp³-hybridized carbons (Fsp3) is 0.353. The van der Waals surface area contributed by atoms with Gasteiger partial charge in [-0.3, -0.25) is 4.79 Å². The van der Waals surface area contributed by atoms with E-state index < -0.39 is 0 Å². The highest BCUT2D eigenvalue weighted by molar-refractivity contribution is 6.03. The second-order valence-corrected chi connectivity index (χ2v) is 6.17. The van der Waals surface area contributed by atoms with E-state index in [0.717, 1.165) is 12.1 Å². The van der Waals surface area contributed by atoms with Crippen LogP contribution in [0.15, 0.2) is 36.7 Å². The third-order valence-electron chi connectivity index (χ3n) is 3.02.